The smallest absolute Gasteiger partial charge is 0.238 e. The van der Waals surface area contributed by atoms with E-state index in [4.69, 9.17) is 8.94 Å². The van der Waals surface area contributed by atoms with Crippen LogP contribution in [0.2, 0.25) is 0 Å². The number of nitrogens with zero attached hydrogens (tertiary/aromatic N) is 3. The predicted molar refractivity (Wildman–Crippen MR) is 109 cm³/mol. The van der Waals surface area contributed by atoms with E-state index in [0.29, 0.717) is 30.4 Å². The van der Waals surface area contributed by atoms with E-state index in [1.807, 2.05) is 61.5 Å². The Labute approximate surface area is 168 Å². The first-order chi connectivity index (χ1) is 14.2. The maximum Gasteiger partial charge on any atom is 0.238 e. The summed E-state index contributed by atoms with van der Waals surface area (Å²) in [6.07, 6.45) is 2.18. The quantitative estimate of drug-likeness (QED) is 0.455. The molecule has 2 aromatic carbocycles. The van der Waals surface area contributed by atoms with Crippen LogP contribution in [0, 0.1) is 6.92 Å². The number of rotatable bonds is 7. The Morgan fingerprint density at radius 2 is 1.79 bits per heavy atom. The maximum atomic E-state index is 13.1. The van der Waals surface area contributed by atoms with E-state index in [-0.39, 0.29) is 12.3 Å². The van der Waals surface area contributed by atoms with Crippen molar-refractivity contribution in [3.8, 4) is 11.6 Å². The molecular formula is C23H21N3O3. The van der Waals surface area contributed by atoms with Crippen molar-refractivity contribution < 1.29 is 13.7 Å². The lowest BCUT2D eigenvalue weighted by Crippen LogP contribution is -2.30. The Balaban J connectivity index is 1.48. The molecule has 0 radical (unpaired) electrons. The lowest BCUT2D eigenvalue weighted by atomic mass is 10.1. The van der Waals surface area contributed by atoms with Crippen molar-refractivity contribution >= 4 is 11.6 Å². The maximum absolute atomic E-state index is 13.1. The number of furan rings is 1. The Kier molecular flexibility index (Phi) is 5.52. The molecule has 6 nitrogen and oxygen atoms in total. The summed E-state index contributed by atoms with van der Waals surface area (Å²) in [6, 6.07) is 21.4. The number of amides is 1. The molecule has 0 aliphatic carbocycles. The average molecular weight is 387 g/mol. The minimum Gasteiger partial charge on any atom is -0.461 e. The largest absolute Gasteiger partial charge is 0.461 e. The average Bonchev–Trinajstić information content (AvgIpc) is 3.44. The van der Waals surface area contributed by atoms with E-state index in [9.17, 15) is 4.79 Å². The van der Waals surface area contributed by atoms with Gasteiger partial charge < -0.3 is 13.8 Å². The Morgan fingerprint density at radius 3 is 2.52 bits per heavy atom. The molecule has 0 N–H and O–H groups in total. The number of aromatic nitrogens is 2. The minimum atomic E-state index is -0.00421. The van der Waals surface area contributed by atoms with Crippen LogP contribution >= 0.6 is 0 Å². The van der Waals surface area contributed by atoms with Gasteiger partial charge in [-0.25, -0.2) is 0 Å². The summed E-state index contributed by atoms with van der Waals surface area (Å²) in [5, 5.41) is 3.91. The fraction of sp³-hybridized carbons (Fsp3) is 0.174. The molecule has 0 atom stereocenters. The summed E-state index contributed by atoms with van der Waals surface area (Å²) >= 11 is 0. The van der Waals surface area contributed by atoms with Gasteiger partial charge in [-0.3, -0.25) is 4.79 Å². The second-order valence-corrected chi connectivity index (χ2v) is 6.79. The number of hydrogen-bond acceptors (Lipinski definition) is 5. The van der Waals surface area contributed by atoms with Gasteiger partial charge in [0.1, 0.15) is 0 Å². The first kappa shape index (κ1) is 18.7. The van der Waals surface area contributed by atoms with Gasteiger partial charge in [-0.05, 0) is 36.8 Å². The van der Waals surface area contributed by atoms with Gasteiger partial charge in [0, 0.05) is 18.5 Å². The lowest BCUT2D eigenvalue weighted by Gasteiger charge is -2.23. The zero-order valence-corrected chi connectivity index (χ0v) is 16.1. The molecule has 2 aromatic heterocycles. The SMILES string of the molecule is Cc1ccc(N(Cc2ccccc2)C(=O)CCc2nc(-c3ccco3)no2)cc1. The minimum absolute atomic E-state index is 0.00421. The second-order valence-electron chi connectivity index (χ2n) is 6.79. The van der Waals surface area contributed by atoms with Crippen molar-refractivity contribution in [1.29, 1.82) is 0 Å². The molecule has 0 saturated heterocycles. The van der Waals surface area contributed by atoms with Gasteiger partial charge in [0.25, 0.3) is 0 Å². The van der Waals surface area contributed by atoms with Crippen LogP contribution in [0.3, 0.4) is 0 Å². The van der Waals surface area contributed by atoms with Crippen LogP contribution in [0.15, 0.2) is 81.9 Å². The molecule has 2 heterocycles. The van der Waals surface area contributed by atoms with Crippen molar-refractivity contribution in [3.05, 3.63) is 90.0 Å². The highest BCUT2D eigenvalue weighted by atomic mass is 16.5. The van der Waals surface area contributed by atoms with Gasteiger partial charge in [-0.15, -0.1) is 0 Å². The van der Waals surface area contributed by atoms with Crippen LogP contribution in [-0.4, -0.2) is 16.0 Å². The molecule has 146 valence electrons. The number of benzene rings is 2. The molecule has 0 aliphatic rings. The van der Waals surface area contributed by atoms with E-state index < -0.39 is 0 Å². The molecule has 0 unspecified atom stereocenters. The summed E-state index contributed by atoms with van der Waals surface area (Å²) < 4.78 is 10.5. The number of carbonyl (C=O) groups excluding carboxylic acids is 1. The fourth-order valence-electron chi connectivity index (χ4n) is 3.03. The van der Waals surface area contributed by atoms with Crippen LogP contribution in [-0.2, 0) is 17.8 Å². The Bertz CT molecular complexity index is 1050. The molecule has 0 fully saturated rings. The zero-order chi connectivity index (χ0) is 20.1. The topological polar surface area (TPSA) is 72.4 Å². The van der Waals surface area contributed by atoms with Gasteiger partial charge in [-0.2, -0.15) is 4.98 Å². The standard InChI is InChI=1S/C23H21N3O3/c1-17-9-11-19(12-10-17)26(16-18-6-3-2-4-7-18)22(27)14-13-21-24-23(25-29-21)20-8-5-15-28-20/h2-12,15H,13-14,16H2,1H3. The first-order valence-corrected chi connectivity index (χ1v) is 9.46. The molecule has 6 heteroatoms. The van der Waals surface area contributed by atoms with Gasteiger partial charge in [-0.1, -0.05) is 53.2 Å². The molecule has 1 amide bonds. The van der Waals surface area contributed by atoms with E-state index in [1.54, 1.807) is 23.3 Å². The molecule has 0 aliphatic heterocycles. The van der Waals surface area contributed by atoms with Crippen LogP contribution in [0.1, 0.15) is 23.4 Å². The van der Waals surface area contributed by atoms with Gasteiger partial charge in [0.05, 0.1) is 12.8 Å². The highest BCUT2D eigenvalue weighted by molar-refractivity contribution is 5.93. The molecule has 0 bridgehead atoms. The fourth-order valence-corrected chi connectivity index (χ4v) is 3.03. The summed E-state index contributed by atoms with van der Waals surface area (Å²) in [7, 11) is 0. The van der Waals surface area contributed by atoms with Gasteiger partial charge in [0.2, 0.25) is 17.6 Å². The molecule has 4 aromatic rings. The third kappa shape index (κ3) is 4.60. The van der Waals surface area contributed by atoms with Gasteiger partial charge >= 0.3 is 0 Å². The lowest BCUT2D eigenvalue weighted by molar-refractivity contribution is -0.118. The van der Waals surface area contributed by atoms with E-state index in [1.165, 1.54) is 0 Å². The predicted octanol–water partition coefficient (Wildman–Crippen LogP) is 4.80. The van der Waals surface area contributed by atoms with Gasteiger partial charge in [0.15, 0.2) is 5.76 Å². The van der Waals surface area contributed by atoms with Crippen molar-refractivity contribution in [2.75, 3.05) is 4.90 Å². The molecule has 0 saturated carbocycles. The summed E-state index contributed by atoms with van der Waals surface area (Å²) in [5.41, 5.74) is 3.09. The van der Waals surface area contributed by atoms with E-state index >= 15 is 0 Å². The highest BCUT2D eigenvalue weighted by Crippen LogP contribution is 2.21. The monoisotopic (exact) mass is 387 g/mol. The molecule has 29 heavy (non-hydrogen) atoms. The number of carbonyl (C=O) groups is 1. The number of anilines is 1. The van der Waals surface area contributed by atoms with Crippen LogP contribution in [0.25, 0.3) is 11.6 Å². The van der Waals surface area contributed by atoms with Crippen molar-refractivity contribution in [3.63, 3.8) is 0 Å². The van der Waals surface area contributed by atoms with Crippen molar-refractivity contribution in [2.45, 2.75) is 26.3 Å². The van der Waals surface area contributed by atoms with Crippen LogP contribution in [0.4, 0.5) is 5.69 Å². The third-order valence-corrected chi connectivity index (χ3v) is 4.59. The van der Waals surface area contributed by atoms with Crippen LogP contribution < -0.4 is 4.90 Å². The van der Waals surface area contributed by atoms with Crippen molar-refractivity contribution in [2.24, 2.45) is 0 Å². The number of aryl methyl sites for hydroxylation is 2. The molecular weight excluding hydrogens is 366 g/mol. The number of hydrogen-bond donors (Lipinski definition) is 0. The first-order valence-electron chi connectivity index (χ1n) is 9.46. The second kappa shape index (κ2) is 8.56. The normalized spacial score (nSPS) is 10.8. The summed E-state index contributed by atoms with van der Waals surface area (Å²) in [6.45, 7) is 2.53. The van der Waals surface area contributed by atoms with E-state index in [2.05, 4.69) is 10.1 Å². The third-order valence-electron chi connectivity index (χ3n) is 4.59. The van der Waals surface area contributed by atoms with E-state index in [0.717, 1.165) is 16.8 Å². The molecule has 4 rings (SSSR count). The highest BCUT2D eigenvalue weighted by Gasteiger charge is 2.18. The Morgan fingerprint density at radius 1 is 1.00 bits per heavy atom. The van der Waals surface area contributed by atoms with Crippen molar-refractivity contribution in [1.82, 2.24) is 10.1 Å². The Hall–Kier alpha value is -3.67. The summed E-state index contributed by atoms with van der Waals surface area (Å²) in [5.74, 6) is 1.33. The van der Waals surface area contributed by atoms with Crippen LogP contribution in [0.5, 0.6) is 0 Å². The summed E-state index contributed by atoms with van der Waals surface area (Å²) in [4.78, 5) is 19.2. The molecule has 0 spiro atoms. The zero-order valence-electron chi connectivity index (χ0n) is 16.1.